The number of nitriles is 1. The Morgan fingerprint density at radius 1 is 1.39 bits per heavy atom. The summed E-state index contributed by atoms with van der Waals surface area (Å²) < 4.78 is 0. The third-order valence-electron chi connectivity index (χ3n) is 2.30. The fraction of sp³-hybridized carbons (Fsp3) is 0.0833. The van der Waals surface area contributed by atoms with Crippen LogP contribution in [0.3, 0.4) is 0 Å². The average Bonchev–Trinajstić information content (AvgIpc) is 2.69. The zero-order valence-corrected chi connectivity index (χ0v) is 10.3. The number of carbonyl (C=O) groups excluding carboxylic acids is 1. The number of nitrogens with zero attached hydrogens (tertiary/aromatic N) is 1. The monoisotopic (exact) mass is 259 g/mol. The Morgan fingerprint density at radius 3 is 2.56 bits per heavy atom. The van der Waals surface area contributed by atoms with E-state index in [1.807, 2.05) is 6.07 Å². The number of hydrogen-bond acceptors (Lipinski definition) is 4. The van der Waals surface area contributed by atoms with Gasteiger partial charge in [0.1, 0.15) is 4.88 Å². The summed E-state index contributed by atoms with van der Waals surface area (Å²) in [5.74, 6) is -0.333. The summed E-state index contributed by atoms with van der Waals surface area (Å²) >= 11 is 0.874. The standard InChI is InChI=1S/C12H9N3O2S/c1-7-10(18-12(17)14-7)11(16)15-9-4-2-8(6-13)3-5-9/h2-5H,1H3,(H,14,17)(H,15,16). The first-order valence-electron chi connectivity index (χ1n) is 5.11. The van der Waals surface area contributed by atoms with Gasteiger partial charge in [0.2, 0.25) is 0 Å². The van der Waals surface area contributed by atoms with Crippen molar-refractivity contribution in [3.05, 3.63) is 50.1 Å². The number of aromatic amines is 1. The van der Waals surface area contributed by atoms with Crippen molar-refractivity contribution in [2.45, 2.75) is 6.92 Å². The smallest absolute Gasteiger partial charge is 0.305 e. The topological polar surface area (TPSA) is 85.8 Å². The van der Waals surface area contributed by atoms with Crippen molar-refractivity contribution in [1.29, 1.82) is 5.26 Å². The van der Waals surface area contributed by atoms with Crippen LogP contribution in [0.4, 0.5) is 5.69 Å². The van der Waals surface area contributed by atoms with Crippen LogP contribution in [0.5, 0.6) is 0 Å². The minimum atomic E-state index is -0.333. The number of carbonyl (C=O) groups is 1. The molecule has 0 bridgehead atoms. The highest BCUT2D eigenvalue weighted by molar-refractivity contribution is 7.11. The van der Waals surface area contributed by atoms with Crippen LogP contribution in [0.2, 0.25) is 0 Å². The van der Waals surface area contributed by atoms with Crippen LogP contribution in [0.1, 0.15) is 20.9 Å². The van der Waals surface area contributed by atoms with Crippen LogP contribution in [-0.2, 0) is 0 Å². The molecule has 0 unspecified atom stereocenters. The molecule has 0 spiro atoms. The Morgan fingerprint density at radius 2 is 2.06 bits per heavy atom. The number of aromatic nitrogens is 1. The van der Waals surface area contributed by atoms with Crippen LogP contribution in [0.25, 0.3) is 0 Å². The molecule has 6 heteroatoms. The molecule has 2 rings (SSSR count). The van der Waals surface area contributed by atoms with E-state index in [0.717, 1.165) is 11.3 Å². The van der Waals surface area contributed by atoms with Crippen molar-refractivity contribution in [2.75, 3.05) is 5.32 Å². The maximum atomic E-state index is 11.9. The Bertz CT molecular complexity index is 677. The molecule has 0 saturated carbocycles. The fourth-order valence-electron chi connectivity index (χ4n) is 1.44. The van der Waals surface area contributed by atoms with Crippen molar-refractivity contribution in [1.82, 2.24) is 4.98 Å². The van der Waals surface area contributed by atoms with Gasteiger partial charge in [-0.2, -0.15) is 5.26 Å². The number of hydrogen-bond donors (Lipinski definition) is 2. The van der Waals surface area contributed by atoms with Gasteiger partial charge < -0.3 is 10.3 Å². The van der Waals surface area contributed by atoms with Gasteiger partial charge in [-0.15, -0.1) is 0 Å². The van der Waals surface area contributed by atoms with Crippen LogP contribution in [-0.4, -0.2) is 10.9 Å². The lowest BCUT2D eigenvalue weighted by Crippen LogP contribution is -2.11. The molecule has 1 aromatic heterocycles. The quantitative estimate of drug-likeness (QED) is 0.863. The van der Waals surface area contributed by atoms with Crippen LogP contribution in [0.15, 0.2) is 29.1 Å². The first-order chi connectivity index (χ1) is 8.60. The molecule has 5 nitrogen and oxygen atoms in total. The maximum absolute atomic E-state index is 11.9. The molecule has 18 heavy (non-hydrogen) atoms. The molecular formula is C12H9N3O2S. The zero-order chi connectivity index (χ0) is 13.1. The second-order valence-corrected chi connectivity index (χ2v) is 4.60. The van der Waals surface area contributed by atoms with E-state index < -0.39 is 0 Å². The number of anilines is 1. The lowest BCUT2D eigenvalue weighted by molar-refractivity contribution is 0.103. The molecule has 0 aliphatic carbocycles. The highest BCUT2D eigenvalue weighted by Gasteiger charge is 2.13. The molecule has 0 radical (unpaired) electrons. The maximum Gasteiger partial charge on any atom is 0.305 e. The minimum Gasteiger partial charge on any atom is -0.321 e. The minimum absolute atomic E-state index is 0.252. The van der Waals surface area contributed by atoms with Crippen molar-refractivity contribution >= 4 is 22.9 Å². The van der Waals surface area contributed by atoms with Gasteiger partial charge in [0, 0.05) is 11.4 Å². The van der Waals surface area contributed by atoms with Crippen molar-refractivity contribution < 1.29 is 4.79 Å². The lowest BCUT2D eigenvalue weighted by atomic mass is 10.2. The first kappa shape index (κ1) is 12.1. The van der Waals surface area contributed by atoms with Crippen LogP contribution in [0, 0.1) is 18.3 Å². The molecule has 90 valence electrons. The van der Waals surface area contributed by atoms with Crippen molar-refractivity contribution in [3.63, 3.8) is 0 Å². The largest absolute Gasteiger partial charge is 0.321 e. The third-order valence-corrected chi connectivity index (χ3v) is 3.29. The Kier molecular flexibility index (Phi) is 3.26. The van der Waals surface area contributed by atoms with E-state index in [9.17, 15) is 9.59 Å². The molecule has 1 heterocycles. The first-order valence-corrected chi connectivity index (χ1v) is 5.93. The summed E-state index contributed by atoms with van der Waals surface area (Å²) in [6, 6.07) is 8.50. The zero-order valence-electron chi connectivity index (χ0n) is 9.48. The van der Waals surface area contributed by atoms with Gasteiger partial charge in [0.05, 0.1) is 11.6 Å². The van der Waals surface area contributed by atoms with Crippen molar-refractivity contribution in [3.8, 4) is 6.07 Å². The second-order valence-electron chi connectivity index (χ2n) is 3.61. The molecule has 0 aliphatic heterocycles. The van der Waals surface area contributed by atoms with Gasteiger partial charge in [-0.1, -0.05) is 11.3 Å². The van der Waals surface area contributed by atoms with Gasteiger partial charge >= 0.3 is 4.87 Å². The number of rotatable bonds is 2. The van der Waals surface area contributed by atoms with Gasteiger partial charge in [-0.3, -0.25) is 9.59 Å². The Labute approximate surface area is 107 Å². The summed E-state index contributed by atoms with van der Waals surface area (Å²) in [6.45, 7) is 1.67. The van der Waals surface area contributed by atoms with Crippen LogP contribution < -0.4 is 10.2 Å². The molecule has 0 aliphatic rings. The van der Waals surface area contributed by atoms with Gasteiger partial charge in [-0.25, -0.2) is 0 Å². The number of amides is 1. The van der Waals surface area contributed by atoms with Crippen LogP contribution >= 0.6 is 11.3 Å². The number of aryl methyl sites for hydroxylation is 1. The molecule has 0 fully saturated rings. The highest BCUT2D eigenvalue weighted by atomic mass is 32.1. The highest BCUT2D eigenvalue weighted by Crippen LogP contribution is 2.13. The van der Waals surface area contributed by atoms with E-state index in [0.29, 0.717) is 21.8 Å². The molecule has 2 N–H and O–H groups in total. The molecular weight excluding hydrogens is 250 g/mol. The average molecular weight is 259 g/mol. The van der Waals surface area contributed by atoms with Gasteiger partial charge in [0.25, 0.3) is 5.91 Å². The van der Waals surface area contributed by atoms with E-state index in [1.54, 1.807) is 31.2 Å². The third kappa shape index (κ3) is 2.47. The number of H-pyrrole nitrogens is 1. The fourth-order valence-corrected chi connectivity index (χ4v) is 2.17. The van der Waals surface area contributed by atoms with Crippen molar-refractivity contribution in [2.24, 2.45) is 0 Å². The molecule has 0 atom stereocenters. The summed E-state index contributed by atoms with van der Waals surface area (Å²) in [5.41, 5.74) is 1.66. The van der Waals surface area contributed by atoms with E-state index in [1.165, 1.54) is 0 Å². The predicted molar refractivity (Wildman–Crippen MR) is 68.8 cm³/mol. The Balaban J connectivity index is 2.19. The molecule has 0 saturated heterocycles. The lowest BCUT2D eigenvalue weighted by Gasteiger charge is -2.03. The van der Waals surface area contributed by atoms with E-state index in [-0.39, 0.29) is 10.8 Å². The number of thiazole rings is 1. The SMILES string of the molecule is Cc1[nH]c(=O)sc1C(=O)Nc1ccc(C#N)cc1. The van der Waals surface area contributed by atoms with E-state index in [4.69, 9.17) is 5.26 Å². The summed E-state index contributed by atoms with van der Waals surface area (Å²) in [7, 11) is 0. The number of benzene rings is 1. The summed E-state index contributed by atoms with van der Waals surface area (Å²) in [5, 5.41) is 11.3. The number of nitrogens with one attached hydrogen (secondary N) is 2. The Hall–Kier alpha value is -2.39. The van der Waals surface area contributed by atoms with E-state index >= 15 is 0 Å². The predicted octanol–water partition coefficient (Wildman–Crippen LogP) is 1.87. The molecule has 1 amide bonds. The summed E-state index contributed by atoms with van der Waals surface area (Å²) in [6.07, 6.45) is 0. The summed E-state index contributed by atoms with van der Waals surface area (Å²) in [4.78, 5) is 25.6. The van der Waals surface area contributed by atoms with Gasteiger partial charge in [0.15, 0.2) is 0 Å². The second kappa shape index (κ2) is 4.85. The van der Waals surface area contributed by atoms with E-state index in [2.05, 4.69) is 10.3 Å². The molecule has 1 aromatic carbocycles. The molecule has 2 aromatic rings. The van der Waals surface area contributed by atoms with Gasteiger partial charge in [-0.05, 0) is 31.2 Å². The normalized spacial score (nSPS) is 9.78.